The Morgan fingerprint density at radius 1 is 1.32 bits per heavy atom. The average molecular weight is 283 g/mol. The second kappa shape index (κ2) is 5.48. The number of nitrogens with zero attached hydrogens (tertiary/aromatic N) is 1. The molecule has 106 valence electrons. The highest BCUT2D eigenvalue weighted by Crippen LogP contribution is 2.32. The van der Waals surface area contributed by atoms with Crippen LogP contribution in [-0.4, -0.2) is 24.8 Å². The largest absolute Gasteiger partial charge is 0.324 e. The Bertz CT molecular complexity index is 527. The predicted octanol–water partition coefficient (Wildman–Crippen LogP) is 1.92. The molecule has 0 radical (unpaired) electrons. The van der Waals surface area contributed by atoms with Crippen LogP contribution in [0.4, 0.5) is 5.69 Å². The summed E-state index contributed by atoms with van der Waals surface area (Å²) >= 11 is 0. The number of benzene rings is 1. The molecule has 1 aromatic carbocycles. The van der Waals surface area contributed by atoms with E-state index in [0.717, 1.165) is 19.3 Å². The quantitative estimate of drug-likeness (QED) is 0.654. The molecule has 0 aliphatic carbocycles. The number of hydrazine groups is 1. The molecule has 2 rings (SSSR count). The summed E-state index contributed by atoms with van der Waals surface area (Å²) in [6, 6.07) is 6.74. The highest BCUT2D eigenvalue weighted by atomic mass is 32.2. The third-order valence-corrected chi connectivity index (χ3v) is 5.86. The minimum atomic E-state index is -3.41. The zero-order valence-electron chi connectivity index (χ0n) is 11.3. The number of nitrogens with one attached hydrogen (secondary N) is 1. The highest BCUT2D eigenvalue weighted by molar-refractivity contribution is 7.89. The van der Waals surface area contributed by atoms with E-state index in [4.69, 9.17) is 5.84 Å². The van der Waals surface area contributed by atoms with E-state index in [2.05, 4.69) is 5.43 Å². The molecular weight excluding hydrogens is 262 g/mol. The van der Waals surface area contributed by atoms with Gasteiger partial charge in [-0.05, 0) is 50.5 Å². The number of rotatable bonds is 4. The van der Waals surface area contributed by atoms with E-state index in [1.807, 2.05) is 13.8 Å². The van der Waals surface area contributed by atoms with Crippen LogP contribution in [0.2, 0.25) is 0 Å². The monoisotopic (exact) mass is 283 g/mol. The molecule has 2 atom stereocenters. The third-order valence-electron chi connectivity index (χ3n) is 3.78. The fraction of sp³-hybridized carbons (Fsp3) is 0.538. The minimum Gasteiger partial charge on any atom is -0.324 e. The normalized spacial score (nSPS) is 24.6. The summed E-state index contributed by atoms with van der Waals surface area (Å²) < 4.78 is 27.0. The van der Waals surface area contributed by atoms with Crippen molar-refractivity contribution in [2.24, 2.45) is 5.84 Å². The fourth-order valence-electron chi connectivity index (χ4n) is 2.71. The molecule has 1 fully saturated rings. The number of hydrogen-bond donors (Lipinski definition) is 2. The predicted molar refractivity (Wildman–Crippen MR) is 76.1 cm³/mol. The van der Waals surface area contributed by atoms with Crippen molar-refractivity contribution < 1.29 is 8.42 Å². The minimum absolute atomic E-state index is 0.0715. The molecule has 1 aliphatic heterocycles. The van der Waals surface area contributed by atoms with Gasteiger partial charge in [0, 0.05) is 17.8 Å². The lowest BCUT2D eigenvalue weighted by atomic mass is 10.2. The van der Waals surface area contributed by atoms with Gasteiger partial charge >= 0.3 is 0 Å². The second-order valence-electron chi connectivity index (χ2n) is 4.99. The van der Waals surface area contributed by atoms with E-state index in [9.17, 15) is 8.42 Å². The van der Waals surface area contributed by atoms with Gasteiger partial charge in [-0.1, -0.05) is 6.92 Å². The van der Waals surface area contributed by atoms with E-state index >= 15 is 0 Å². The molecule has 0 aromatic heterocycles. The van der Waals surface area contributed by atoms with E-state index in [1.54, 1.807) is 28.6 Å². The van der Waals surface area contributed by atoms with Crippen molar-refractivity contribution in [2.75, 3.05) is 5.43 Å². The maximum atomic E-state index is 12.7. The molecule has 0 spiro atoms. The second-order valence-corrected chi connectivity index (χ2v) is 6.84. The van der Waals surface area contributed by atoms with Crippen LogP contribution >= 0.6 is 0 Å². The molecule has 1 aliphatic rings. The molecule has 5 nitrogen and oxygen atoms in total. The van der Waals surface area contributed by atoms with E-state index in [0.29, 0.717) is 10.6 Å². The first-order chi connectivity index (χ1) is 9.00. The summed E-state index contributed by atoms with van der Waals surface area (Å²) in [6.45, 7) is 4.01. The number of nitrogens with two attached hydrogens (primary N) is 1. The lowest BCUT2D eigenvalue weighted by Gasteiger charge is -2.27. The van der Waals surface area contributed by atoms with E-state index in [1.165, 1.54) is 0 Å². The zero-order chi connectivity index (χ0) is 14.0. The molecule has 19 heavy (non-hydrogen) atoms. The van der Waals surface area contributed by atoms with Crippen LogP contribution in [0.5, 0.6) is 0 Å². The van der Waals surface area contributed by atoms with Gasteiger partial charge in [-0.15, -0.1) is 0 Å². The van der Waals surface area contributed by atoms with Crippen LogP contribution in [0.15, 0.2) is 29.2 Å². The van der Waals surface area contributed by atoms with Gasteiger partial charge < -0.3 is 5.43 Å². The Morgan fingerprint density at radius 3 is 2.47 bits per heavy atom. The van der Waals surface area contributed by atoms with Crippen molar-refractivity contribution in [2.45, 2.75) is 50.1 Å². The Labute approximate surface area is 114 Å². The van der Waals surface area contributed by atoms with Gasteiger partial charge in [-0.3, -0.25) is 5.84 Å². The molecule has 1 aromatic rings. The number of sulfonamides is 1. The first kappa shape index (κ1) is 14.3. The van der Waals surface area contributed by atoms with E-state index in [-0.39, 0.29) is 12.1 Å². The van der Waals surface area contributed by atoms with Crippen LogP contribution in [0.3, 0.4) is 0 Å². The summed E-state index contributed by atoms with van der Waals surface area (Å²) in [6.07, 6.45) is 2.73. The zero-order valence-corrected chi connectivity index (χ0v) is 12.2. The summed E-state index contributed by atoms with van der Waals surface area (Å²) in [5.41, 5.74) is 3.19. The Balaban J connectivity index is 2.35. The first-order valence-corrected chi connectivity index (χ1v) is 8.05. The van der Waals surface area contributed by atoms with Crippen molar-refractivity contribution in [3.8, 4) is 0 Å². The number of hydrogen-bond acceptors (Lipinski definition) is 4. The smallest absolute Gasteiger partial charge is 0.243 e. The van der Waals surface area contributed by atoms with Gasteiger partial charge in [0.1, 0.15) is 0 Å². The van der Waals surface area contributed by atoms with Gasteiger partial charge in [0.05, 0.1) is 4.90 Å². The third kappa shape index (κ3) is 2.61. The average Bonchev–Trinajstić information content (AvgIpc) is 2.80. The van der Waals surface area contributed by atoms with Crippen LogP contribution in [0.1, 0.15) is 33.1 Å². The molecular formula is C13H21N3O2S. The molecule has 2 unspecified atom stereocenters. The molecule has 1 heterocycles. The number of nitrogen functional groups attached to an aromatic ring is 1. The molecule has 6 heteroatoms. The molecule has 3 N–H and O–H groups in total. The lowest BCUT2D eigenvalue weighted by molar-refractivity contribution is 0.328. The standard InChI is InChI=1S/C13H21N3O2S/c1-3-12-7-4-10(2)16(12)19(17,18)13-8-5-11(15-14)6-9-13/h5-6,8-10,12,15H,3-4,7,14H2,1-2H3. The summed E-state index contributed by atoms with van der Waals surface area (Å²) in [4.78, 5) is 0.332. The molecule has 0 amide bonds. The van der Waals surface area contributed by atoms with Crippen LogP contribution in [0, 0.1) is 0 Å². The van der Waals surface area contributed by atoms with Gasteiger partial charge in [-0.2, -0.15) is 4.31 Å². The lowest BCUT2D eigenvalue weighted by Crippen LogP contribution is -2.39. The molecule has 1 saturated heterocycles. The number of anilines is 1. The highest BCUT2D eigenvalue weighted by Gasteiger charge is 2.38. The Morgan fingerprint density at radius 2 is 1.95 bits per heavy atom. The maximum Gasteiger partial charge on any atom is 0.243 e. The van der Waals surface area contributed by atoms with Crippen molar-refractivity contribution in [3.63, 3.8) is 0 Å². The van der Waals surface area contributed by atoms with Gasteiger partial charge in [-0.25, -0.2) is 8.42 Å². The fourth-order valence-corrected chi connectivity index (χ4v) is 4.66. The Kier molecular flexibility index (Phi) is 4.13. The van der Waals surface area contributed by atoms with Gasteiger partial charge in [0.2, 0.25) is 10.0 Å². The van der Waals surface area contributed by atoms with Crippen molar-refractivity contribution in [1.29, 1.82) is 0 Å². The van der Waals surface area contributed by atoms with Crippen LogP contribution < -0.4 is 11.3 Å². The van der Waals surface area contributed by atoms with Crippen molar-refractivity contribution >= 4 is 15.7 Å². The first-order valence-electron chi connectivity index (χ1n) is 6.61. The van der Waals surface area contributed by atoms with Crippen LogP contribution in [0.25, 0.3) is 0 Å². The van der Waals surface area contributed by atoms with Gasteiger partial charge in [0.25, 0.3) is 0 Å². The van der Waals surface area contributed by atoms with Crippen molar-refractivity contribution in [1.82, 2.24) is 4.31 Å². The van der Waals surface area contributed by atoms with E-state index < -0.39 is 10.0 Å². The van der Waals surface area contributed by atoms with Gasteiger partial charge in [0.15, 0.2) is 0 Å². The maximum absolute atomic E-state index is 12.7. The van der Waals surface area contributed by atoms with Crippen LogP contribution in [-0.2, 0) is 10.0 Å². The Hall–Kier alpha value is -1.11. The SMILES string of the molecule is CCC1CCC(C)N1S(=O)(=O)c1ccc(NN)cc1. The molecule has 0 saturated carbocycles. The summed E-state index contributed by atoms with van der Waals surface area (Å²) in [5.74, 6) is 5.29. The summed E-state index contributed by atoms with van der Waals surface area (Å²) in [7, 11) is -3.41. The van der Waals surface area contributed by atoms with Crippen molar-refractivity contribution in [3.05, 3.63) is 24.3 Å². The topological polar surface area (TPSA) is 75.4 Å². The molecule has 0 bridgehead atoms. The summed E-state index contributed by atoms with van der Waals surface area (Å²) in [5, 5.41) is 0.